The van der Waals surface area contributed by atoms with Crippen molar-refractivity contribution in [3.05, 3.63) is 54.6 Å². The molecule has 1 atom stereocenters. The van der Waals surface area contributed by atoms with Gasteiger partial charge >= 0.3 is 0 Å². The lowest BCUT2D eigenvalue weighted by Crippen LogP contribution is -2.39. The maximum Gasteiger partial charge on any atom is 0.271 e. The molecule has 1 fully saturated rings. The van der Waals surface area contributed by atoms with E-state index in [0.717, 1.165) is 25.7 Å². The topological polar surface area (TPSA) is 125 Å². The van der Waals surface area contributed by atoms with Crippen LogP contribution in [0.5, 0.6) is 0 Å². The molecule has 1 saturated heterocycles. The minimum absolute atomic E-state index is 0.0808. The van der Waals surface area contributed by atoms with E-state index < -0.39 is 27.9 Å². The van der Waals surface area contributed by atoms with Crippen LogP contribution >= 0.6 is 0 Å². The molecule has 33 heavy (non-hydrogen) atoms. The maximum absolute atomic E-state index is 12.9. The molecule has 0 bridgehead atoms. The van der Waals surface area contributed by atoms with E-state index >= 15 is 0 Å². The molecule has 3 N–H and O–H groups in total. The van der Waals surface area contributed by atoms with E-state index in [2.05, 4.69) is 10.4 Å². The summed E-state index contributed by atoms with van der Waals surface area (Å²) in [5.41, 5.74) is 6.79. The molecule has 0 aliphatic carbocycles. The quantitative estimate of drug-likeness (QED) is 0.672. The van der Waals surface area contributed by atoms with E-state index in [1.807, 2.05) is 18.2 Å². The zero-order valence-electron chi connectivity index (χ0n) is 18.2. The fraction of sp³-hybridized carbons (Fsp3) is 0.348. The standard InChI is InChI=1S/C23H27N5O4S/c24-22(29)21-16-20(26-28(21)18-8-4-3-5-9-18)23(30)25-17-10-12-19(13-11-17)33(31,32)27-14-6-1-2-7-15-27/h3-5,8-13,21H,1-2,6-7,14-16H2,(H2,24,29)(H,25,30). The second-order valence-electron chi connectivity index (χ2n) is 8.15. The molecule has 10 heteroatoms. The summed E-state index contributed by atoms with van der Waals surface area (Å²) in [6.07, 6.45) is 3.89. The van der Waals surface area contributed by atoms with Crippen LogP contribution in [0.4, 0.5) is 11.4 Å². The molecule has 2 aromatic carbocycles. The maximum atomic E-state index is 12.9. The van der Waals surface area contributed by atoms with E-state index in [0.29, 0.717) is 24.5 Å². The molecule has 0 spiro atoms. The first-order valence-electron chi connectivity index (χ1n) is 11.0. The first kappa shape index (κ1) is 22.9. The van der Waals surface area contributed by atoms with Gasteiger partial charge in [0.1, 0.15) is 11.8 Å². The van der Waals surface area contributed by atoms with Crippen LogP contribution in [-0.4, -0.2) is 49.4 Å². The van der Waals surface area contributed by atoms with Gasteiger partial charge in [0, 0.05) is 25.2 Å². The first-order chi connectivity index (χ1) is 15.9. The number of nitrogens with zero attached hydrogens (tertiary/aromatic N) is 3. The van der Waals surface area contributed by atoms with E-state index in [1.54, 1.807) is 24.3 Å². The number of hydrazone groups is 1. The number of nitrogens with one attached hydrogen (secondary N) is 1. The van der Waals surface area contributed by atoms with Crippen molar-refractivity contribution in [3.63, 3.8) is 0 Å². The van der Waals surface area contributed by atoms with Crippen LogP contribution in [0.2, 0.25) is 0 Å². The van der Waals surface area contributed by atoms with Crippen molar-refractivity contribution in [2.75, 3.05) is 23.4 Å². The Morgan fingerprint density at radius 3 is 2.18 bits per heavy atom. The Balaban J connectivity index is 1.47. The van der Waals surface area contributed by atoms with Crippen LogP contribution in [0.1, 0.15) is 32.1 Å². The molecule has 9 nitrogen and oxygen atoms in total. The summed E-state index contributed by atoms with van der Waals surface area (Å²) < 4.78 is 27.4. The highest BCUT2D eigenvalue weighted by Gasteiger charge is 2.35. The Bertz CT molecular complexity index is 1140. The van der Waals surface area contributed by atoms with Crippen LogP contribution in [0.3, 0.4) is 0 Å². The van der Waals surface area contributed by atoms with Gasteiger partial charge < -0.3 is 11.1 Å². The molecule has 1 unspecified atom stereocenters. The fourth-order valence-electron chi connectivity index (χ4n) is 4.03. The monoisotopic (exact) mass is 469 g/mol. The number of para-hydroxylation sites is 1. The summed E-state index contributed by atoms with van der Waals surface area (Å²) in [5.74, 6) is -1.05. The van der Waals surface area contributed by atoms with E-state index in [4.69, 9.17) is 5.73 Å². The van der Waals surface area contributed by atoms with Gasteiger partial charge in [0.25, 0.3) is 5.91 Å². The molecule has 2 aromatic rings. The molecule has 0 saturated carbocycles. The highest BCUT2D eigenvalue weighted by atomic mass is 32.2. The van der Waals surface area contributed by atoms with E-state index in [-0.39, 0.29) is 17.0 Å². The second-order valence-corrected chi connectivity index (χ2v) is 10.1. The molecule has 2 amide bonds. The highest BCUT2D eigenvalue weighted by Crippen LogP contribution is 2.25. The van der Waals surface area contributed by atoms with Crippen LogP contribution in [0, 0.1) is 0 Å². The zero-order chi connectivity index (χ0) is 23.4. The lowest BCUT2D eigenvalue weighted by Gasteiger charge is -2.20. The van der Waals surface area contributed by atoms with Gasteiger partial charge in [0.05, 0.1) is 10.6 Å². The normalized spacial score (nSPS) is 19.6. The number of rotatable bonds is 6. The van der Waals surface area contributed by atoms with Crippen molar-refractivity contribution in [3.8, 4) is 0 Å². The number of hydrogen-bond acceptors (Lipinski definition) is 6. The molecule has 174 valence electrons. The summed E-state index contributed by atoms with van der Waals surface area (Å²) in [4.78, 5) is 24.9. The third-order valence-corrected chi connectivity index (χ3v) is 7.75. The predicted octanol–water partition coefficient (Wildman–Crippen LogP) is 2.31. The minimum atomic E-state index is -3.56. The first-order valence-corrected chi connectivity index (χ1v) is 12.4. The second kappa shape index (κ2) is 9.72. The van der Waals surface area contributed by atoms with Crippen LogP contribution in [0.15, 0.2) is 64.6 Å². The SMILES string of the molecule is NC(=O)C1CC(C(=O)Nc2ccc(S(=O)(=O)N3CCCCCC3)cc2)=NN1c1ccccc1. The molecular weight excluding hydrogens is 442 g/mol. The zero-order valence-corrected chi connectivity index (χ0v) is 19.0. The number of carbonyl (C=O) groups is 2. The number of sulfonamides is 1. The Kier molecular flexibility index (Phi) is 6.75. The van der Waals surface area contributed by atoms with Gasteiger partial charge in [-0.15, -0.1) is 0 Å². The highest BCUT2D eigenvalue weighted by molar-refractivity contribution is 7.89. The average molecular weight is 470 g/mol. The van der Waals surface area contributed by atoms with Gasteiger partial charge in [-0.3, -0.25) is 14.6 Å². The Morgan fingerprint density at radius 1 is 0.939 bits per heavy atom. The lowest BCUT2D eigenvalue weighted by molar-refractivity contribution is -0.119. The number of nitrogens with two attached hydrogens (primary N) is 1. The summed E-state index contributed by atoms with van der Waals surface area (Å²) in [7, 11) is -3.56. The van der Waals surface area contributed by atoms with E-state index in [1.165, 1.54) is 21.4 Å². The van der Waals surface area contributed by atoms with Crippen molar-refractivity contribution in [1.82, 2.24) is 4.31 Å². The van der Waals surface area contributed by atoms with Crippen molar-refractivity contribution in [1.29, 1.82) is 0 Å². The average Bonchev–Trinajstić information content (AvgIpc) is 3.08. The number of amides is 2. The molecule has 2 aliphatic heterocycles. The number of primary amides is 1. The van der Waals surface area contributed by atoms with Gasteiger partial charge in [-0.05, 0) is 49.2 Å². The Morgan fingerprint density at radius 2 is 1.58 bits per heavy atom. The fourth-order valence-corrected chi connectivity index (χ4v) is 5.55. The van der Waals surface area contributed by atoms with Crippen molar-refractivity contribution < 1.29 is 18.0 Å². The minimum Gasteiger partial charge on any atom is -0.368 e. The largest absolute Gasteiger partial charge is 0.368 e. The third-order valence-electron chi connectivity index (χ3n) is 5.84. The van der Waals surface area contributed by atoms with Gasteiger partial charge in [0.15, 0.2) is 0 Å². The lowest BCUT2D eigenvalue weighted by atomic mass is 10.1. The van der Waals surface area contributed by atoms with Gasteiger partial charge in [-0.25, -0.2) is 8.42 Å². The smallest absolute Gasteiger partial charge is 0.271 e. The molecule has 0 aromatic heterocycles. The van der Waals surface area contributed by atoms with Gasteiger partial charge in [0.2, 0.25) is 15.9 Å². The van der Waals surface area contributed by atoms with Crippen molar-refractivity contribution in [2.24, 2.45) is 10.8 Å². The molecule has 4 rings (SSSR count). The number of carbonyl (C=O) groups excluding carboxylic acids is 2. The Labute approximate surface area is 193 Å². The Hall–Kier alpha value is -3.24. The van der Waals surface area contributed by atoms with Gasteiger partial charge in [-0.2, -0.15) is 9.41 Å². The van der Waals surface area contributed by atoms with Crippen LogP contribution in [-0.2, 0) is 19.6 Å². The van der Waals surface area contributed by atoms with Crippen molar-refractivity contribution in [2.45, 2.75) is 43.0 Å². The van der Waals surface area contributed by atoms with Crippen molar-refractivity contribution >= 4 is 38.9 Å². The molecular formula is C23H27N5O4S. The molecule has 2 aliphatic rings. The van der Waals surface area contributed by atoms with Gasteiger partial charge in [-0.1, -0.05) is 31.0 Å². The number of benzene rings is 2. The summed E-state index contributed by atoms with van der Waals surface area (Å²) in [6.45, 7) is 1.05. The summed E-state index contributed by atoms with van der Waals surface area (Å²) in [5, 5.41) is 8.50. The summed E-state index contributed by atoms with van der Waals surface area (Å²) in [6, 6.07) is 14.4. The molecule has 0 radical (unpaired) electrons. The number of anilines is 2. The van der Waals surface area contributed by atoms with Crippen LogP contribution < -0.4 is 16.1 Å². The number of hydrogen-bond donors (Lipinski definition) is 2. The third kappa shape index (κ3) is 5.07. The van der Waals surface area contributed by atoms with Crippen LogP contribution in [0.25, 0.3) is 0 Å². The predicted molar refractivity (Wildman–Crippen MR) is 126 cm³/mol. The van der Waals surface area contributed by atoms with E-state index in [9.17, 15) is 18.0 Å². The summed E-state index contributed by atoms with van der Waals surface area (Å²) >= 11 is 0. The molecule has 2 heterocycles.